The summed E-state index contributed by atoms with van der Waals surface area (Å²) < 4.78 is 0.429. The SMILES string of the molecule is CC(=O)[C@H](C[C@@H](Cl)[N+](C)(C)C)C(=O)O. The second-order valence-electron chi connectivity index (χ2n) is 4.29. The van der Waals surface area contributed by atoms with Crippen molar-refractivity contribution in [2.45, 2.75) is 18.8 Å². The van der Waals surface area contributed by atoms with E-state index in [0.29, 0.717) is 4.48 Å². The molecular formula is C9H17ClNO3+. The molecule has 4 nitrogen and oxygen atoms in total. The normalized spacial score (nSPS) is 16.1. The van der Waals surface area contributed by atoms with Gasteiger partial charge >= 0.3 is 5.97 Å². The number of hydrogen-bond acceptors (Lipinski definition) is 2. The van der Waals surface area contributed by atoms with Gasteiger partial charge in [-0.2, -0.15) is 0 Å². The lowest BCUT2D eigenvalue weighted by molar-refractivity contribution is -0.883. The number of hydrogen-bond donors (Lipinski definition) is 1. The van der Waals surface area contributed by atoms with E-state index in [1.165, 1.54) is 6.92 Å². The third kappa shape index (κ3) is 4.07. The zero-order valence-electron chi connectivity index (χ0n) is 8.95. The lowest BCUT2D eigenvalue weighted by Crippen LogP contribution is -2.44. The van der Waals surface area contributed by atoms with Crippen LogP contribution in [0.4, 0.5) is 0 Å². The highest BCUT2D eigenvalue weighted by molar-refractivity contribution is 6.20. The third-order valence-corrected chi connectivity index (χ3v) is 2.82. The monoisotopic (exact) mass is 222 g/mol. The zero-order valence-corrected chi connectivity index (χ0v) is 9.71. The molecule has 0 spiro atoms. The van der Waals surface area contributed by atoms with Crippen LogP contribution in [0.3, 0.4) is 0 Å². The van der Waals surface area contributed by atoms with E-state index in [1.54, 1.807) is 0 Å². The Hall–Kier alpha value is -0.610. The average Bonchev–Trinajstić information content (AvgIpc) is 1.96. The Morgan fingerprint density at radius 1 is 1.36 bits per heavy atom. The lowest BCUT2D eigenvalue weighted by Gasteiger charge is -2.30. The van der Waals surface area contributed by atoms with E-state index in [1.807, 2.05) is 21.1 Å². The summed E-state index contributed by atoms with van der Waals surface area (Å²) >= 11 is 6.00. The van der Waals surface area contributed by atoms with Crippen molar-refractivity contribution in [3.8, 4) is 0 Å². The first-order valence-corrected chi connectivity index (χ1v) is 4.78. The third-order valence-electron chi connectivity index (χ3n) is 2.06. The Bertz CT molecular complexity index is 221. The minimum Gasteiger partial charge on any atom is -0.481 e. The number of Topliss-reactive ketones (excluding diaryl/α,β-unsaturated/α-hetero) is 1. The largest absolute Gasteiger partial charge is 0.481 e. The van der Waals surface area contributed by atoms with Crippen LogP contribution < -0.4 is 0 Å². The number of nitrogens with zero attached hydrogens (tertiary/aromatic N) is 1. The molecule has 0 aromatic heterocycles. The number of ketones is 1. The highest BCUT2D eigenvalue weighted by Gasteiger charge is 2.31. The van der Waals surface area contributed by atoms with Gasteiger partial charge in [-0.1, -0.05) is 11.6 Å². The van der Waals surface area contributed by atoms with Crippen molar-refractivity contribution in [2.24, 2.45) is 5.92 Å². The van der Waals surface area contributed by atoms with Crippen LogP contribution >= 0.6 is 11.6 Å². The van der Waals surface area contributed by atoms with E-state index in [9.17, 15) is 9.59 Å². The molecule has 1 N–H and O–H groups in total. The molecule has 0 radical (unpaired) electrons. The summed E-state index contributed by atoms with van der Waals surface area (Å²) in [5, 5.41) is 8.77. The van der Waals surface area contributed by atoms with Gasteiger partial charge in [-0.05, 0) is 6.92 Å². The minimum absolute atomic E-state index is 0.162. The standard InChI is InChI=1S/C9H16ClNO3/c1-6(12)7(9(13)14)5-8(10)11(2,3)4/h7-8H,5H2,1-4H3/p+1/t7-,8-/m0/s1. The number of rotatable bonds is 5. The molecule has 0 aliphatic heterocycles. The number of carbonyl (C=O) groups excluding carboxylic acids is 1. The van der Waals surface area contributed by atoms with Gasteiger partial charge in [-0.15, -0.1) is 0 Å². The molecule has 0 aliphatic carbocycles. The zero-order chi connectivity index (χ0) is 11.5. The second kappa shape index (κ2) is 4.75. The fraction of sp³-hybridized carbons (Fsp3) is 0.778. The molecular weight excluding hydrogens is 206 g/mol. The van der Waals surface area contributed by atoms with Crippen LogP contribution in [0, 0.1) is 5.92 Å². The van der Waals surface area contributed by atoms with E-state index in [0.717, 1.165) is 0 Å². The van der Waals surface area contributed by atoms with E-state index >= 15 is 0 Å². The van der Waals surface area contributed by atoms with Crippen molar-refractivity contribution in [3.05, 3.63) is 0 Å². The van der Waals surface area contributed by atoms with Crippen LogP contribution in [0.25, 0.3) is 0 Å². The number of carboxylic acids is 1. The fourth-order valence-corrected chi connectivity index (χ4v) is 1.13. The summed E-state index contributed by atoms with van der Waals surface area (Å²) in [6.07, 6.45) is 0.162. The second-order valence-corrected chi connectivity index (χ2v) is 4.79. The quantitative estimate of drug-likeness (QED) is 0.326. The van der Waals surface area contributed by atoms with E-state index in [-0.39, 0.29) is 17.7 Å². The number of carbonyl (C=O) groups is 2. The summed E-state index contributed by atoms with van der Waals surface area (Å²) in [5.41, 5.74) is -0.375. The highest BCUT2D eigenvalue weighted by Crippen LogP contribution is 2.19. The maximum absolute atomic E-state index is 11.0. The molecule has 0 bridgehead atoms. The van der Waals surface area contributed by atoms with Crippen molar-refractivity contribution in [1.29, 1.82) is 0 Å². The number of alkyl halides is 1. The van der Waals surface area contributed by atoms with Crippen molar-refractivity contribution in [2.75, 3.05) is 21.1 Å². The van der Waals surface area contributed by atoms with Crippen molar-refractivity contribution in [1.82, 2.24) is 0 Å². The molecule has 0 saturated heterocycles. The predicted octanol–water partition coefficient (Wildman–Crippen LogP) is 0.937. The summed E-state index contributed by atoms with van der Waals surface area (Å²) in [7, 11) is 5.57. The summed E-state index contributed by atoms with van der Waals surface area (Å²) in [6, 6.07) is 0. The predicted molar refractivity (Wildman–Crippen MR) is 54.1 cm³/mol. The van der Waals surface area contributed by atoms with Gasteiger partial charge in [0.05, 0.1) is 21.1 Å². The van der Waals surface area contributed by atoms with Gasteiger partial charge in [0.15, 0.2) is 5.50 Å². The van der Waals surface area contributed by atoms with Crippen LogP contribution in [-0.2, 0) is 9.59 Å². The summed E-state index contributed by atoms with van der Waals surface area (Å²) in [6.45, 7) is 1.28. The molecule has 0 aromatic rings. The van der Waals surface area contributed by atoms with Crippen LogP contribution in [0.2, 0.25) is 0 Å². The van der Waals surface area contributed by atoms with Gasteiger partial charge < -0.3 is 9.59 Å². The van der Waals surface area contributed by atoms with E-state index in [4.69, 9.17) is 16.7 Å². The smallest absolute Gasteiger partial charge is 0.314 e. The topological polar surface area (TPSA) is 54.4 Å². The Balaban J connectivity index is 4.47. The summed E-state index contributed by atoms with van der Waals surface area (Å²) in [4.78, 5) is 21.7. The molecule has 82 valence electrons. The highest BCUT2D eigenvalue weighted by atomic mass is 35.5. The number of aliphatic carboxylic acids is 1. The number of quaternary nitrogens is 1. The molecule has 0 fully saturated rings. The molecule has 0 amide bonds. The van der Waals surface area contributed by atoms with Gasteiger partial charge in [0.1, 0.15) is 11.7 Å². The molecule has 5 heteroatoms. The van der Waals surface area contributed by atoms with Gasteiger partial charge in [-0.3, -0.25) is 9.59 Å². The molecule has 0 saturated carbocycles. The first-order chi connectivity index (χ1) is 6.16. The first kappa shape index (κ1) is 13.4. The van der Waals surface area contributed by atoms with Gasteiger partial charge in [0, 0.05) is 6.42 Å². The molecule has 0 aliphatic rings. The van der Waals surface area contributed by atoms with Gasteiger partial charge in [0.25, 0.3) is 0 Å². The minimum atomic E-state index is -1.10. The van der Waals surface area contributed by atoms with Crippen molar-refractivity contribution >= 4 is 23.4 Å². The fourth-order valence-electron chi connectivity index (χ4n) is 0.951. The Morgan fingerprint density at radius 3 is 2.00 bits per heavy atom. The molecule has 2 atom stereocenters. The average molecular weight is 223 g/mol. The molecule has 14 heavy (non-hydrogen) atoms. The van der Waals surface area contributed by atoms with Gasteiger partial charge in [-0.25, -0.2) is 0 Å². The molecule has 0 aromatic carbocycles. The van der Waals surface area contributed by atoms with E-state index < -0.39 is 11.9 Å². The van der Waals surface area contributed by atoms with Crippen molar-refractivity contribution in [3.63, 3.8) is 0 Å². The van der Waals surface area contributed by atoms with Crippen LogP contribution in [0.1, 0.15) is 13.3 Å². The molecule has 0 unspecified atom stereocenters. The number of carboxylic acid groups (broad SMARTS) is 1. The Morgan fingerprint density at radius 2 is 1.79 bits per heavy atom. The Labute approximate surface area is 89.0 Å². The maximum Gasteiger partial charge on any atom is 0.314 e. The van der Waals surface area contributed by atoms with Crippen LogP contribution in [-0.4, -0.2) is 48.0 Å². The lowest BCUT2D eigenvalue weighted by atomic mass is 10.0. The summed E-state index contributed by atoms with van der Waals surface area (Å²) in [5.74, 6) is -2.44. The van der Waals surface area contributed by atoms with Gasteiger partial charge in [0.2, 0.25) is 0 Å². The van der Waals surface area contributed by atoms with Crippen LogP contribution in [0.15, 0.2) is 0 Å². The molecule has 0 rings (SSSR count). The first-order valence-electron chi connectivity index (χ1n) is 4.34. The van der Waals surface area contributed by atoms with Crippen molar-refractivity contribution < 1.29 is 19.2 Å². The number of halogens is 1. The maximum atomic E-state index is 11.0. The molecule has 0 heterocycles. The Kier molecular flexibility index (Phi) is 4.55. The van der Waals surface area contributed by atoms with E-state index in [2.05, 4.69) is 0 Å². The van der Waals surface area contributed by atoms with Crippen LogP contribution in [0.5, 0.6) is 0 Å².